The molecule has 1 amide bonds. The number of likely N-dealkylation sites (tertiary alicyclic amines) is 1. The molecule has 2 unspecified atom stereocenters. The van der Waals surface area contributed by atoms with Gasteiger partial charge in [-0.05, 0) is 25.3 Å². The molecular formula is C15H18N2O4. The van der Waals surface area contributed by atoms with Gasteiger partial charge in [0, 0.05) is 18.5 Å². The van der Waals surface area contributed by atoms with Gasteiger partial charge >= 0.3 is 5.97 Å². The van der Waals surface area contributed by atoms with Crippen molar-refractivity contribution in [3.63, 3.8) is 0 Å². The van der Waals surface area contributed by atoms with Crippen molar-refractivity contribution in [1.29, 1.82) is 0 Å². The number of carboxylic acids is 1. The van der Waals surface area contributed by atoms with Crippen molar-refractivity contribution in [3.05, 3.63) is 23.9 Å². The molecule has 0 aromatic carbocycles. The number of ether oxygens (including phenoxy) is 1. The molecular weight excluding hydrogens is 272 g/mol. The SMILES string of the molecule is COc1cccc(C2C(C(=O)O)CCC(=O)N2C2CC2)n1. The third-order valence-corrected chi connectivity index (χ3v) is 4.15. The highest BCUT2D eigenvalue weighted by atomic mass is 16.5. The van der Waals surface area contributed by atoms with Crippen molar-refractivity contribution in [2.45, 2.75) is 37.8 Å². The highest BCUT2D eigenvalue weighted by Gasteiger charge is 2.47. The summed E-state index contributed by atoms with van der Waals surface area (Å²) in [6, 6.07) is 4.94. The lowest BCUT2D eigenvalue weighted by molar-refractivity contribution is -0.152. The van der Waals surface area contributed by atoms with Crippen LogP contribution in [0.1, 0.15) is 37.4 Å². The fourth-order valence-corrected chi connectivity index (χ4v) is 3.01. The van der Waals surface area contributed by atoms with Crippen molar-refractivity contribution in [2.24, 2.45) is 5.92 Å². The Morgan fingerprint density at radius 1 is 1.38 bits per heavy atom. The predicted molar refractivity (Wildman–Crippen MR) is 73.8 cm³/mol. The number of carbonyl (C=O) groups is 2. The Morgan fingerprint density at radius 2 is 2.14 bits per heavy atom. The minimum atomic E-state index is -0.872. The molecule has 1 aromatic heterocycles. The third kappa shape index (κ3) is 2.57. The van der Waals surface area contributed by atoms with Gasteiger partial charge in [0.2, 0.25) is 11.8 Å². The number of methoxy groups -OCH3 is 1. The van der Waals surface area contributed by atoms with E-state index in [2.05, 4.69) is 4.98 Å². The lowest BCUT2D eigenvalue weighted by atomic mass is 9.86. The topological polar surface area (TPSA) is 79.7 Å². The number of carboxylic acid groups (broad SMARTS) is 1. The Bertz CT molecular complexity index is 571. The molecule has 21 heavy (non-hydrogen) atoms. The molecule has 2 atom stereocenters. The molecule has 2 aliphatic rings. The Hall–Kier alpha value is -2.11. The number of pyridine rings is 1. The zero-order valence-electron chi connectivity index (χ0n) is 11.9. The molecule has 3 rings (SSSR count). The van der Waals surface area contributed by atoms with Crippen LogP contribution in [0.4, 0.5) is 0 Å². The zero-order valence-corrected chi connectivity index (χ0v) is 11.9. The lowest BCUT2D eigenvalue weighted by Gasteiger charge is -2.39. The second kappa shape index (κ2) is 5.35. The van der Waals surface area contributed by atoms with Gasteiger partial charge in [0.15, 0.2) is 0 Å². The molecule has 1 saturated heterocycles. The summed E-state index contributed by atoms with van der Waals surface area (Å²) in [6.07, 6.45) is 2.55. The maximum atomic E-state index is 12.3. The summed E-state index contributed by atoms with van der Waals surface area (Å²) in [5, 5.41) is 9.51. The van der Waals surface area contributed by atoms with E-state index in [1.54, 1.807) is 23.1 Å². The van der Waals surface area contributed by atoms with E-state index < -0.39 is 17.9 Å². The number of amides is 1. The summed E-state index contributed by atoms with van der Waals surface area (Å²) >= 11 is 0. The number of carbonyl (C=O) groups excluding carboxylic acids is 1. The van der Waals surface area contributed by atoms with Crippen LogP contribution in [0.15, 0.2) is 18.2 Å². The quantitative estimate of drug-likeness (QED) is 0.911. The molecule has 6 heteroatoms. The van der Waals surface area contributed by atoms with Crippen LogP contribution in [0.5, 0.6) is 5.88 Å². The lowest BCUT2D eigenvalue weighted by Crippen LogP contribution is -2.46. The average molecular weight is 290 g/mol. The van der Waals surface area contributed by atoms with E-state index >= 15 is 0 Å². The number of rotatable bonds is 4. The Balaban J connectivity index is 2.01. The van der Waals surface area contributed by atoms with Crippen molar-refractivity contribution in [3.8, 4) is 5.88 Å². The Morgan fingerprint density at radius 3 is 2.76 bits per heavy atom. The number of aliphatic carboxylic acids is 1. The van der Waals surface area contributed by atoms with Crippen molar-refractivity contribution < 1.29 is 19.4 Å². The first-order valence-electron chi connectivity index (χ1n) is 7.16. The third-order valence-electron chi connectivity index (χ3n) is 4.15. The normalized spacial score (nSPS) is 25.8. The monoisotopic (exact) mass is 290 g/mol. The number of hydrogen-bond donors (Lipinski definition) is 1. The average Bonchev–Trinajstić information content (AvgIpc) is 3.31. The Kier molecular flexibility index (Phi) is 3.53. The first kappa shape index (κ1) is 13.9. The van der Waals surface area contributed by atoms with Crippen LogP contribution in [0, 0.1) is 5.92 Å². The van der Waals surface area contributed by atoms with Crippen LogP contribution < -0.4 is 4.74 Å². The molecule has 1 saturated carbocycles. The van der Waals surface area contributed by atoms with Crippen LogP contribution >= 0.6 is 0 Å². The van der Waals surface area contributed by atoms with Crippen LogP contribution in [-0.2, 0) is 9.59 Å². The first-order chi connectivity index (χ1) is 10.1. The molecule has 2 fully saturated rings. The fraction of sp³-hybridized carbons (Fsp3) is 0.533. The predicted octanol–water partition coefficient (Wildman–Crippen LogP) is 1.62. The van der Waals surface area contributed by atoms with E-state index in [0.29, 0.717) is 24.4 Å². The minimum absolute atomic E-state index is 0.0321. The maximum absolute atomic E-state index is 12.3. The van der Waals surface area contributed by atoms with Gasteiger partial charge in [0.05, 0.1) is 24.8 Å². The standard InChI is InChI=1S/C15H18N2O4/c1-21-12-4-2-3-11(16-12)14-10(15(19)20)7-8-13(18)17(14)9-5-6-9/h2-4,9-10,14H,5-8H2,1H3,(H,19,20). The van der Waals surface area contributed by atoms with E-state index in [0.717, 1.165) is 12.8 Å². The number of hydrogen-bond acceptors (Lipinski definition) is 4. The van der Waals surface area contributed by atoms with E-state index in [1.807, 2.05) is 0 Å². The number of aromatic nitrogens is 1. The van der Waals surface area contributed by atoms with E-state index in [-0.39, 0.29) is 11.9 Å². The largest absolute Gasteiger partial charge is 0.481 e. The molecule has 1 aliphatic heterocycles. The van der Waals surface area contributed by atoms with Crippen LogP contribution in [-0.4, -0.2) is 40.0 Å². The van der Waals surface area contributed by atoms with Gasteiger partial charge in [-0.3, -0.25) is 9.59 Å². The van der Waals surface area contributed by atoms with Gasteiger partial charge in [-0.2, -0.15) is 0 Å². The molecule has 0 radical (unpaired) electrons. The van der Waals surface area contributed by atoms with Crippen molar-refractivity contribution in [2.75, 3.05) is 7.11 Å². The smallest absolute Gasteiger partial charge is 0.309 e. The van der Waals surface area contributed by atoms with Gasteiger partial charge in [0.25, 0.3) is 0 Å². The van der Waals surface area contributed by atoms with E-state index in [1.165, 1.54) is 7.11 Å². The molecule has 0 bridgehead atoms. The number of piperidine rings is 1. The molecule has 2 heterocycles. The highest BCUT2D eigenvalue weighted by Crippen LogP contribution is 2.43. The van der Waals surface area contributed by atoms with Gasteiger partial charge in [-0.15, -0.1) is 0 Å². The summed E-state index contributed by atoms with van der Waals surface area (Å²) in [5.74, 6) is -1.01. The summed E-state index contributed by atoms with van der Waals surface area (Å²) < 4.78 is 5.12. The summed E-state index contributed by atoms with van der Waals surface area (Å²) in [6.45, 7) is 0. The molecule has 1 aliphatic carbocycles. The van der Waals surface area contributed by atoms with E-state index in [4.69, 9.17) is 4.74 Å². The zero-order chi connectivity index (χ0) is 15.0. The molecule has 1 N–H and O–H groups in total. The Labute approximate surface area is 122 Å². The second-order valence-electron chi connectivity index (χ2n) is 5.57. The van der Waals surface area contributed by atoms with Gasteiger partial charge < -0.3 is 14.7 Å². The summed E-state index contributed by atoms with van der Waals surface area (Å²) in [4.78, 5) is 29.9. The van der Waals surface area contributed by atoms with E-state index in [9.17, 15) is 14.7 Å². The molecule has 1 aromatic rings. The fourth-order valence-electron chi connectivity index (χ4n) is 3.01. The minimum Gasteiger partial charge on any atom is -0.481 e. The summed E-state index contributed by atoms with van der Waals surface area (Å²) in [5.41, 5.74) is 0.599. The van der Waals surface area contributed by atoms with Gasteiger partial charge in [0.1, 0.15) is 0 Å². The molecule has 0 spiro atoms. The second-order valence-corrected chi connectivity index (χ2v) is 5.57. The van der Waals surface area contributed by atoms with Crippen molar-refractivity contribution >= 4 is 11.9 Å². The molecule has 112 valence electrons. The van der Waals surface area contributed by atoms with Gasteiger partial charge in [-0.1, -0.05) is 6.07 Å². The van der Waals surface area contributed by atoms with Crippen LogP contribution in [0.25, 0.3) is 0 Å². The summed E-state index contributed by atoms with van der Waals surface area (Å²) in [7, 11) is 1.52. The van der Waals surface area contributed by atoms with Gasteiger partial charge in [-0.25, -0.2) is 4.98 Å². The molecule has 6 nitrogen and oxygen atoms in total. The van der Waals surface area contributed by atoms with Crippen LogP contribution in [0.3, 0.4) is 0 Å². The number of nitrogens with zero attached hydrogens (tertiary/aromatic N) is 2. The maximum Gasteiger partial charge on any atom is 0.309 e. The highest BCUT2D eigenvalue weighted by molar-refractivity contribution is 5.82. The first-order valence-corrected chi connectivity index (χ1v) is 7.16. The van der Waals surface area contributed by atoms with Crippen LogP contribution in [0.2, 0.25) is 0 Å². The van der Waals surface area contributed by atoms with Crippen molar-refractivity contribution in [1.82, 2.24) is 9.88 Å².